The molecule has 0 amide bonds. The van der Waals surface area contributed by atoms with E-state index in [0.717, 1.165) is 18.7 Å². The van der Waals surface area contributed by atoms with E-state index >= 15 is 0 Å². The van der Waals surface area contributed by atoms with E-state index in [0.29, 0.717) is 0 Å². The van der Waals surface area contributed by atoms with E-state index in [9.17, 15) is 5.11 Å². The van der Waals surface area contributed by atoms with Gasteiger partial charge in [0.25, 0.3) is 0 Å². The zero-order valence-electron chi connectivity index (χ0n) is 11.7. The summed E-state index contributed by atoms with van der Waals surface area (Å²) < 4.78 is 2.20. The van der Waals surface area contributed by atoms with Crippen LogP contribution in [-0.4, -0.2) is 34.2 Å². The Balaban J connectivity index is 1.82. The fraction of sp³-hybridized carbons (Fsp3) is 0.733. The van der Waals surface area contributed by atoms with E-state index in [-0.39, 0.29) is 12.0 Å². The molecule has 2 rings (SSSR count). The molecule has 102 valence electrons. The molecule has 0 saturated carbocycles. The largest absolute Gasteiger partial charge is 0.388 e. The molecular formula is C15H26N2O. The number of hydrogen-bond donors (Lipinski definition) is 1. The molecule has 3 heteroatoms. The summed E-state index contributed by atoms with van der Waals surface area (Å²) in [6, 6.07) is 2.04. The van der Waals surface area contributed by atoms with Crippen molar-refractivity contribution < 1.29 is 5.11 Å². The molecule has 1 N–H and O–H groups in total. The summed E-state index contributed by atoms with van der Waals surface area (Å²) in [5.41, 5.74) is 1.05. The highest BCUT2D eigenvalue weighted by atomic mass is 16.3. The summed E-state index contributed by atoms with van der Waals surface area (Å²) in [5.74, 6) is 0.281. The first-order valence-corrected chi connectivity index (χ1v) is 7.23. The summed E-state index contributed by atoms with van der Waals surface area (Å²) in [4.78, 5) is 2.54. The molecule has 18 heavy (non-hydrogen) atoms. The van der Waals surface area contributed by atoms with E-state index in [4.69, 9.17) is 0 Å². The first-order valence-electron chi connectivity index (χ1n) is 7.23. The number of nitrogens with zero attached hydrogens (tertiary/aromatic N) is 2. The topological polar surface area (TPSA) is 28.4 Å². The molecule has 3 nitrogen and oxygen atoms in total. The van der Waals surface area contributed by atoms with E-state index in [1.165, 1.54) is 32.4 Å². The minimum Gasteiger partial charge on any atom is -0.388 e. The number of rotatable bonds is 5. The van der Waals surface area contributed by atoms with Crippen molar-refractivity contribution in [2.75, 3.05) is 19.6 Å². The van der Waals surface area contributed by atoms with Crippen molar-refractivity contribution in [1.82, 2.24) is 9.47 Å². The number of piperidine rings is 1. The molecule has 2 heterocycles. The molecule has 0 bridgehead atoms. The standard InChI is InChI=1S/C15H26N2O/c1-13(2)15(18)14-6-9-17(12-14)11-10-16-7-4-3-5-8-16/h6,9,12-13,15,18H,3-5,7-8,10-11H2,1-2H3. The Hall–Kier alpha value is -0.800. The van der Waals surface area contributed by atoms with Crippen molar-refractivity contribution in [2.45, 2.75) is 45.8 Å². The molecule has 0 aliphatic carbocycles. The van der Waals surface area contributed by atoms with Gasteiger partial charge in [0.15, 0.2) is 0 Å². The van der Waals surface area contributed by atoms with Gasteiger partial charge in [-0.2, -0.15) is 0 Å². The van der Waals surface area contributed by atoms with Crippen molar-refractivity contribution in [2.24, 2.45) is 5.92 Å². The minimum absolute atomic E-state index is 0.281. The molecule has 1 aliphatic rings. The van der Waals surface area contributed by atoms with Crippen molar-refractivity contribution in [3.05, 3.63) is 24.0 Å². The van der Waals surface area contributed by atoms with E-state index in [1.54, 1.807) is 0 Å². The third kappa shape index (κ3) is 3.59. The highest BCUT2D eigenvalue weighted by Crippen LogP contribution is 2.21. The second kappa shape index (κ2) is 6.39. The summed E-state index contributed by atoms with van der Waals surface area (Å²) in [6.07, 6.45) is 7.94. The summed E-state index contributed by atoms with van der Waals surface area (Å²) in [6.45, 7) is 8.77. The van der Waals surface area contributed by atoms with Gasteiger partial charge in [-0.1, -0.05) is 20.3 Å². The van der Waals surface area contributed by atoms with E-state index < -0.39 is 0 Å². The zero-order chi connectivity index (χ0) is 13.0. The quantitative estimate of drug-likeness (QED) is 0.870. The average Bonchev–Trinajstić information content (AvgIpc) is 2.85. The Morgan fingerprint density at radius 2 is 1.89 bits per heavy atom. The Bertz CT molecular complexity index is 353. The van der Waals surface area contributed by atoms with Gasteiger partial charge in [0.2, 0.25) is 0 Å². The maximum absolute atomic E-state index is 10.0. The normalized spacial score (nSPS) is 19.3. The van der Waals surface area contributed by atoms with Crippen LogP contribution >= 0.6 is 0 Å². The number of aromatic nitrogens is 1. The van der Waals surface area contributed by atoms with Gasteiger partial charge in [-0.25, -0.2) is 0 Å². The van der Waals surface area contributed by atoms with Crippen molar-refractivity contribution in [3.63, 3.8) is 0 Å². The predicted octanol–water partition coefficient (Wildman–Crippen LogP) is 2.66. The lowest BCUT2D eigenvalue weighted by molar-refractivity contribution is 0.127. The molecule has 0 spiro atoms. The predicted molar refractivity (Wildman–Crippen MR) is 74.5 cm³/mol. The van der Waals surface area contributed by atoms with Crippen LogP contribution in [0, 0.1) is 5.92 Å². The van der Waals surface area contributed by atoms with Crippen LogP contribution in [-0.2, 0) is 6.54 Å². The van der Waals surface area contributed by atoms with Gasteiger partial charge in [-0.3, -0.25) is 0 Å². The van der Waals surface area contributed by atoms with Crippen molar-refractivity contribution in [1.29, 1.82) is 0 Å². The van der Waals surface area contributed by atoms with Gasteiger partial charge in [0.05, 0.1) is 6.10 Å². The molecule has 1 aromatic heterocycles. The van der Waals surface area contributed by atoms with Gasteiger partial charge in [-0.15, -0.1) is 0 Å². The maximum atomic E-state index is 10.0. The Kier molecular flexibility index (Phi) is 4.84. The van der Waals surface area contributed by atoms with Gasteiger partial charge < -0.3 is 14.6 Å². The van der Waals surface area contributed by atoms with Crippen LogP contribution in [0.5, 0.6) is 0 Å². The molecular weight excluding hydrogens is 224 g/mol. The average molecular weight is 250 g/mol. The minimum atomic E-state index is -0.332. The third-order valence-corrected chi connectivity index (χ3v) is 3.87. The second-order valence-corrected chi connectivity index (χ2v) is 5.77. The fourth-order valence-electron chi connectivity index (χ4n) is 2.60. The first kappa shape index (κ1) is 13.6. The van der Waals surface area contributed by atoms with Crippen LogP contribution in [0.3, 0.4) is 0 Å². The first-order chi connectivity index (χ1) is 8.66. The second-order valence-electron chi connectivity index (χ2n) is 5.77. The van der Waals surface area contributed by atoms with Crippen LogP contribution in [0.25, 0.3) is 0 Å². The molecule has 1 aliphatic heterocycles. The van der Waals surface area contributed by atoms with Crippen molar-refractivity contribution in [3.8, 4) is 0 Å². The van der Waals surface area contributed by atoms with Crippen LogP contribution in [0.15, 0.2) is 18.5 Å². The third-order valence-electron chi connectivity index (χ3n) is 3.87. The van der Waals surface area contributed by atoms with Crippen LogP contribution < -0.4 is 0 Å². The van der Waals surface area contributed by atoms with Crippen LogP contribution in [0.2, 0.25) is 0 Å². The van der Waals surface area contributed by atoms with Gasteiger partial charge in [0, 0.05) is 25.5 Å². The highest BCUT2D eigenvalue weighted by molar-refractivity contribution is 5.14. The fourth-order valence-corrected chi connectivity index (χ4v) is 2.60. The van der Waals surface area contributed by atoms with Gasteiger partial charge in [0.1, 0.15) is 0 Å². The lowest BCUT2D eigenvalue weighted by Gasteiger charge is -2.26. The van der Waals surface area contributed by atoms with E-state index in [2.05, 4.69) is 35.7 Å². The molecule has 1 atom stereocenters. The summed E-state index contributed by atoms with van der Waals surface area (Å²) >= 11 is 0. The number of likely N-dealkylation sites (tertiary alicyclic amines) is 1. The summed E-state index contributed by atoms with van der Waals surface area (Å²) in [5, 5.41) is 10.0. The lowest BCUT2D eigenvalue weighted by Crippen LogP contribution is -2.32. The molecule has 1 fully saturated rings. The smallest absolute Gasteiger partial charge is 0.0827 e. The lowest BCUT2D eigenvalue weighted by atomic mass is 10.0. The SMILES string of the molecule is CC(C)C(O)c1ccn(CCN2CCCCC2)c1. The molecule has 0 radical (unpaired) electrons. The van der Waals surface area contributed by atoms with Gasteiger partial charge >= 0.3 is 0 Å². The van der Waals surface area contributed by atoms with E-state index in [1.807, 2.05) is 6.07 Å². The van der Waals surface area contributed by atoms with Crippen molar-refractivity contribution >= 4 is 0 Å². The Morgan fingerprint density at radius 3 is 2.56 bits per heavy atom. The van der Waals surface area contributed by atoms with Gasteiger partial charge in [-0.05, 0) is 43.5 Å². The van der Waals surface area contributed by atoms with Crippen LogP contribution in [0.1, 0.15) is 44.8 Å². The molecule has 0 aromatic carbocycles. The maximum Gasteiger partial charge on any atom is 0.0827 e. The zero-order valence-corrected chi connectivity index (χ0v) is 11.7. The molecule has 1 unspecified atom stereocenters. The highest BCUT2D eigenvalue weighted by Gasteiger charge is 2.13. The Labute approximate surface area is 110 Å². The number of aliphatic hydroxyl groups is 1. The number of hydrogen-bond acceptors (Lipinski definition) is 2. The summed E-state index contributed by atoms with van der Waals surface area (Å²) in [7, 11) is 0. The Morgan fingerprint density at radius 1 is 1.17 bits per heavy atom. The van der Waals surface area contributed by atoms with Crippen LogP contribution in [0.4, 0.5) is 0 Å². The molecule has 1 aromatic rings. The monoisotopic (exact) mass is 250 g/mol. The number of aliphatic hydroxyl groups excluding tert-OH is 1. The molecule has 1 saturated heterocycles.